The van der Waals surface area contributed by atoms with Gasteiger partial charge in [0.1, 0.15) is 0 Å². The van der Waals surface area contributed by atoms with E-state index in [9.17, 15) is 0 Å². The molecule has 0 N–H and O–H groups in total. The number of aromatic nitrogens is 2. The molecule has 0 bridgehead atoms. The van der Waals surface area contributed by atoms with Crippen molar-refractivity contribution in [2.45, 2.75) is 38.6 Å². The van der Waals surface area contributed by atoms with Crippen LogP contribution in [0.5, 0.6) is 0 Å². The second kappa shape index (κ2) is 7.64. The number of benzene rings is 1. The number of hydrogen-bond donors (Lipinski definition) is 0. The molecule has 3 heterocycles. The summed E-state index contributed by atoms with van der Waals surface area (Å²) in [6.45, 7) is 6.35. The maximum Gasteiger partial charge on any atom is 0.229 e. The molecule has 25 heavy (non-hydrogen) atoms. The Hall–Kier alpha value is -1.76. The van der Waals surface area contributed by atoms with E-state index in [2.05, 4.69) is 27.2 Å². The van der Waals surface area contributed by atoms with Crippen molar-refractivity contribution in [2.24, 2.45) is 5.92 Å². The molecule has 2 aliphatic heterocycles. The van der Waals surface area contributed by atoms with Crippen LogP contribution in [0.2, 0.25) is 0 Å². The van der Waals surface area contributed by atoms with E-state index >= 15 is 0 Å². The van der Waals surface area contributed by atoms with Crippen molar-refractivity contribution >= 4 is 0 Å². The highest BCUT2D eigenvalue weighted by Gasteiger charge is 2.42. The predicted octanol–water partition coefficient (Wildman–Crippen LogP) is 2.23. The Morgan fingerprint density at radius 2 is 2.12 bits per heavy atom. The van der Waals surface area contributed by atoms with Crippen molar-refractivity contribution in [3.8, 4) is 0 Å². The van der Waals surface area contributed by atoms with Gasteiger partial charge < -0.3 is 14.0 Å². The van der Waals surface area contributed by atoms with Crippen LogP contribution in [0.25, 0.3) is 0 Å². The third kappa shape index (κ3) is 4.26. The maximum atomic E-state index is 6.19. The van der Waals surface area contributed by atoms with Crippen LogP contribution in [0.3, 0.4) is 0 Å². The number of nitrogens with zero attached hydrogens (tertiary/aromatic N) is 3. The molecule has 0 unspecified atom stereocenters. The third-order valence-corrected chi connectivity index (χ3v) is 5.02. The molecule has 1 aromatic heterocycles. The molecule has 1 aromatic carbocycles. The van der Waals surface area contributed by atoms with E-state index in [0.29, 0.717) is 30.3 Å². The van der Waals surface area contributed by atoms with E-state index in [4.69, 9.17) is 14.0 Å². The molecule has 0 amide bonds. The first-order chi connectivity index (χ1) is 12.3. The van der Waals surface area contributed by atoms with Crippen LogP contribution in [0.15, 0.2) is 34.9 Å². The van der Waals surface area contributed by atoms with Gasteiger partial charge in [0.05, 0.1) is 31.8 Å². The van der Waals surface area contributed by atoms with E-state index < -0.39 is 0 Å². The van der Waals surface area contributed by atoms with Gasteiger partial charge in [0.15, 0.2) is 5.82 Å². The topological polar surface area (TPSA) is 60.6 Å². The van der Waals surface area contributed by atoms with Crippen LogP contribution in [-0.4, -0.2) is 53.5 Å². The number of ether oxygens (including phenoxy) is 2. The van der Waals surface area contributed by atoms with Crippen LogP contribution in [0, 0.1) is 12.8 Å². The standard InChI is InChI=1S/C19H25N3O3/c1-14-20-19(25-21-14)10-17-9-16-11-22(12-18(16)24-17)7-8-23-13-15-5-3-2-4-6-15/h2-6,16-18H,7-13H2,1H3/t16-,17+,18+/m1/s1. The lowest BCUT2D eigenvalue weighted by atomic mass is 10.0. The smallest absolute Gasteiger partial charge is 0.229 e. The van der Waals surface area contributed by atoms with Crippen LogP contribution >= 0.6 is 0 Å². The molecule has 6 nitrogen and oxygen atoms in total. The highest BCUT2D eigenvalue weighted by atomic mass is 16.5. The summed E-state index contributed by atoms with van der Waals surface area (Å²) in [7, 11) is 0. The molecule has 4 rings (SSSR count). The molecule has 2 fully saturated rings. The minimum Gasteiger partial charge on any atom is -0.375 e. The minimum absolute atomic E-state index is 0.214. The second-order valence-electron chi connectivity index (χ2n) is 7.03. The minimum atomic E-state index is 0.214. The molecule has 6 heteroatoms. The Kier molecular flexibility index (Phi) is 5.10. The fourth-order valence-electron chi connectivity index (χ4n) is 3.84. The molecule has 3 atom stereocenters. The summed E-state index contributed by atoms with van der Waals surface area (Å²) < 4.78 is 17.2. The Labute approximate surface area is 148 Å². The van der Waals surface area contributed by atoms with Gasteiger partial charge >= 0.3 is 0 Å². The zero-order valence-corrected chi connectivity index (χ0v) is 14.6. The summed E-state index contributed by atoms with van der Waals surface area (Å²) in [5.41, 5.74) is 1.23. The van der Waals surface area contributed by atoms with Crippen molar-refractivity contribution in [3.63, 3.8) is 0 Å². The summed E-state index contributed by atoms with van der Waals surface area (Å²) in [6, 6.07) is 10.3. The van der Waals surface area contributed by atoms with Crippen LogP contribution in [0.4, 0.5) is 0 Å². The third-order valence-electron chi connectivity index (χ3n) is 5.02. The van der Waals surface area contributed by atoms with Crippen molar-refractivity contribution in [1.29, 1.82) is 0 Å². The monoisotopic (exact) mass is 343 g/mol. The SMILES string of the molecule is Cc1noc(C[C@@H]2C[C@@H]3CN(CCOCc4ccccc4)C[C@@H]3O2)n1. The van der Waals surface area contributed by atoms with Crippen LogP contribution in [-0.2, 0) is 22.5 Å². The lowest BCUT2D eigenvalue weighted by molar-refractivity contribution is 0.0304. The first kappa shape index (κ1) is 16.7. The normalized spacial score (nSPS) is 26.2. The highest BCUT2D eigenvalue weighted by molar-refractivity contribution is 5.13. The van der Waals surface area contributed by atoms with Crippen molar-refractivity contribution in [3.05, 3.63) is 47.6 Å². The maximum absolute atomic E-state index is 6.19. The summed E-state index contributed by atoms with van der Waals surface area (Å²) in [6.07, 6.45) is 2.36. The molecule has 2 aromatic rings. The Bertz CT molecular complexity index is 662. The Balaban J connectivity index is 1.15. The van der Waals surface area contributed by atoms with E-state index in [-0.39, 0.29) is 6.10 Å². The Morgan fingerprint density at radius 1 is 1.24 bits per heavy atom. The van der Waals surface area contributed by atoms with Gasteiger partial charge in [-0.15, -0.1) is 0 Å². The lowest BCUT2D eigenvalue weighted by Crippen LogP contribution is -2.28. The van der Waals surface area contributed by atoms with E-state index in [1.54, 1.807) is 0 Å². The quantitative estimate of drug-likeness (QED) is 0.719. The van der Waals surface area contributed by atoms with E-state index in [1.165, 1.54) is 5.56 Å². The Morgan fingerprint density at radius 3 is 2.88 bits per heavy atom. The molecule has 2 saturated heterocycles. The van der Waals surface area contributed by atoms with Gasteiger partial charge in [-0.25, -0.2) is 0 Å². The van der Waals surface area contributed by atoms with Gasteiger partial charge in [-0.2, -0.15) is 4.98 Å². The molecular formula is C19H25N3O3. The molecule has 0 radical (unpaired) electrons. The number of likely N-dealkylation sites (tertiary alicyclic amines) is 1. The summed E-state index contributed by atoms with van der Waals surface area (Å²) in [5.74, 6) is 1.99. The number of aryl methyl sites for hydroxylation is 1. The van der Waals surface area contributed by atoms with E-state index in [1.807, 2.05) is 25.1 Å². The summed E-state index contributed by atoms with van der Waals surface area (Å²) >= 11 is 0. The molecule has 0 spiro atoms. The second-order valence-corrected chi connectivity index (χ2v) is 7.03. The molecule has 0 saturated carbocycles. The average molecular weight is 343 g/mol. The van der Waals surface area contributed by atoms with E-state index in [0.717, 1.165) is 39.1 Å². The highest BCUT2D eigenvalue weighted by Crippen LogP contribution is 2.34. The average Bonchev–Trinajstić information content (AvgIpc) is 3.28. The van der Waals surface area contributed by atoms with Gasteiger partial charge in [-0.1, -0.05) is 35.5 Å². The molecule has 0 aliphatic carbocycles. The largest absolute Gasteiger partial charge is 0.375 e. The lowest BCUT2D eigenvalue weighted by Gasteiger charge is -2.18. The predicted molar refractivity (Wildman–Crippen MR) is 92.0 cm³/mol. The van der Waals surface area contributed by atoms with Gasteiger partial charge in [-0.3, -0.25) is 4.90 Å². The summed E-state index contributed by atoms with van der Waals surface area (Å²) in [5, 5.41) is 3.84. The van der Waals surface area contributed by atoms with Crippen molar-refractivity contribution < 1.29 is 14.0 Å². The zero-order chi connectivity index (χ0) is 17.1. The zero-order valence-electron chi connectivity index (χ0n) is 14.6. The van der Waals surface area contributed by atoms with Gasteiger partial charge in [-0.05, 0) is 18.9 Å². The molecule has 2 aliphatic rings. The summed E-state index contributed by atoms with van der Waals surface area (Å²) in [4.78, 5) is 6.72. The first-order valence-corrected chi connectivity index (χ1v) is 9.05. The molecule has 134 valence electrons. The van der Waals surface area contributed by atoms with Crippen molar-refractivity contribution in [2.75, 3.05) is 26.2 Å². The fourth-order valence-corrected chi connectivity index (χ4v) is 3.84. The molecular weight excluding hydrogens is 318 g/mol. The fraction of sp³-hybridized carbons (Fsp3) is 0.579. The number of rotatable bonds is 7. The van der Waals surface area contributed by atoms with Gasteiger partial charge in [0.25, 0.3) is 0 Å². The first-order valence-electron chi connectivity index (χ1n) is 9.05. The van der Waals surface area contributed by atoms with Crippen LogP contribution < -0.4 is 0 Å². The number of hydrogen-bond acceptors (Lipinski definition) is 6. The van der Waals surface area contributed by atoms with Crippen molar-refractivity contribution in [1.82, 2.24) is 15.0 Å². The van der Waals surface area contributed by atoms with Crippen LogP contribution in [0.1, 0.15) is 23.7 Å². The number of fused-ring (bicyclic) bond motifs is 1. The van der Waals surface area contributed by atoms with Gasteiger partial charge in [0, 0.05) is 25.6 Å². The van der Waals surface area contributed by atoms with Gasteiger partial charge in [0.2, 0.25) is 5.89 Å².